The summed E-state index contributed by atoms with van der Waals surface area (Å²) in [5.41, 5.74) is 6.02. The smallest absolute Gasteiger partial charge is 0.244 e. The third-order valence-electron chi connectivity index (χ3n) is 2.91. The van der Waals surface area contributed by atoms with Gasteiger partial charge in [0, 0.05) is 20.7 Å². The highest BCUT2D eigenvalue weighted by Crippen LogP contribution is 2.29. The van der Waals surface area contributed by atoms with Crippen LogP contribution in [0.4, 0.5) is 5.69 Å². The van der Waals surface area contributed by atoms with Gasteiger partial charge in [-0.2, -0.15) is 0 Å². The Bertz CT molecular complexity index is 544. The van der Waals surface area contributed by atoms with Crippen LogP contribution in [0.3, 0.4) is 0 Å². The number of para-hydroxylation sites is 1. The molecular formula is C14H24N2O4S. The van der Waals surface area contributed by atoms with E-state index in [4.69, 9.17) is 15.2 Å². The van der Waals surface area contributed by atoms with Crippen LogP contribution >= 0.6 is 0 Å². The summed E-state index contributed by atoms with van der Waals surface area (Å²) in [7, 11) is -0.651. The highest BCUT2D eigenvalue weighted by Gasteiger charge is 2.22. The number of nitrogens with zero attached hydrogens (tertiary/aromatic N) is 1. The molecular weight excluding hydrogens is 292 g/mol. The van der Waals surface area contributed by atoms with E-state index in [1.54, 1.807) is 12.1 Å². The van der Waals surface area contributed by atoms with Crippen LogP contribution in [0, 0.1) is 0 Å². The molecule has 0 unspecified atom stereocenters. The molecule has 2 N–H and O–H groups in total. The van der Waals surface area contributed by atoms with E-state index in [0.717, 1.165) is 17.1 Å². The number of sulfonamides is 1. The van der Waals surface area contributed by atoms with E-state index in [2.05, 4.69) is 6.92 Å². The molecule has 1 rings (SSSR count). The number of hydrogen-bond donors (Lipinski definition) is 1. The van der Waals surface area contributed by atoms with Crippen molar-refractivity contribution in [3.8, 4) is 5.75 Å². The van der Waals surface area contributed by atoms with E-state index < -0.39 is 10.0 Å². The van der Waals surface area contributed by atoms with Gasteiger partial charge >= 0.3 is 0 Å². The van der Waals surface area contributed by atoms with Crippen molar-refractivity contribution in [1.82, 2.24) is 4.31 Å². The van der Waals surface area contributed by atoms with E-state index in [9.17, 15) is 8.42 Å². The molecule has 0 radical (unpaired) electrons. The van der Waals surface area contributed by atoms with Gasteiger partial charge in [-0.15, -0.1) is 0 Å². The summed E-state index contributed by atoms with van der Waals surface area (Å²) in [4.78, 5) is 0.0527. The predicted octanol–water partition coefficient (Wildman–Crippen LogP) is 1.71. The van der Waals surface area contributed by atoms with Crippen LogP contribution in [-0.2, 0) is 14.8 Å². The lowest BCUT2D eigenvalue weighted by Gasteiger charge is -2.16. The molecule has 0 aliphatic heterocycles. The lowest BCUT2D eigenvalue weighted by molar-refractivity contribution is 0.0982. The molecule has 0 amide bonds. The third-order valence-corrected chi connectivity index (χ3v) is 4.79. The molecule has 0 aromatic heterocycles. The van der Waals surface area contributed by atoms with Crippen molar-refractivity contribution in [3.63, 3.8) is 0 Å². The van der Waals surface area contributed by atoms with Gasteiger partial charge in [-0.05, 0) is 18.6 Å². The van der Waals surface area contributed by atoms with E-state index >= 15 is 0 Å². The molecule has 21 heavy (non-hydrogen) atoms. The largest absolute Gasteiger partial charge is 0.489 e. The van der Waals surface area contributed by atoms with E-state index in [-0.39, 0.29) is 10.6 Å². The first-order chi connectivity index (χ1) is 9.91. The molecule has 7 heteroatoms. The second-order valence-electron chi connectivity index (χ2n) is 4.77. The molecule has 1 aromatic carbocycles. The number of ether oxygens (including phenoxy) is 2. The van der Waals surface area contributed by atoms with Gasteiger partial charge in [-0.1, -0.05) is 19.4 Å². The summed E-state index contributed by atoms with van der Waals surface area (Å²) in [6, 6.07) is 4.73. The summed E-state index contributed by atoms with van der Waals surface area (Å²) in [6.07, 6.45) is 2.09. The minimum atomic E-state index is -3.58. The molecule has 0 aliphatic rings. The first-order valence-corrected chi connectivity index (χ1v) is 8.36. The number of anilines is 1. The summed E-state index contributed by atoms with van der Waals surface area (Å²) in [5.74, 6) is 0.358. The Morgan fingerprint density at radius 3 is 2.52 bits per heavy atom. The topological polar surface area (TPSA) is 81.9 Å². The molecule has 0 saturated carbocycles. The van der Waals surface area contributed by atoms with Gasteiger partial charge in [0.05, 0.1) is 12.3 Å². The second kappa shape index (κ2) is 8.21. The van der Waals surface area contributed by atoms with Gasteiger partial charge in [0.1, 0.15) is 17.3 Å². The predicted molar refractivity (Wildman–Crippen MR) is 82.9 cm³/mol. The second-order valence-corrected chi connectivity index (χ2v) is 6.89. The highest BCUT2D eigenvalue weighted by atomic mass is 32.2. The summed E-state index contributed by atoms with van der Waals surface area (Å²) in [5, 5.41) is 0. The van der Waals surface area contributed by atoms with Gasteiger partial charge in [-0.3, -0.25) is 0 Å². The zero-order valence-corrected chi connectivity index (χ0v) is 13.6. The molecule has 0 atom stereocenters. The lowest BCUT2D eigenvalue weighted by atomic mass is 10.3. The SMILES string of the molecule is CCCCOCCOc1cccc(S(=O)(=O)N(C)C)c1N. The molecule has 1 aromatic rings. The quantitative estimate of drug-likeness (QED) is 0.554. The minimum Gasteiger partial charge on any atom is -0.489 e. The maximum atomic E-state index is 12.1. The van der Waals surface area contributed by atoms with Gasteiger partial charge in [-0.25, -0.2) is 12.7 Å². The zero-order valence-electron chi connectivity index (χ0n) is 12.8. The van der Waals surface area contributed by atoms with E-state index in [1.807, 2.05) is 0 Å². The summed E-state index contributed by atoms with van der Waals surface area (Å²) >= 11 is 0. The van der Waals surface area contributed by atoms with Crippen molar-refractivity contribution >= 4 is 15.7 Å². The highest BCUT2D eigenvalue weighted by molar-refractivity contribution is 7.89. The van der Waals surface area contributed by atoms with Crippen LogP contribution in [0.5, 0.6) is 5.75 Å². The first kappa shape index (κ1) is 17.7. The minimum absolute atomic E-state index is 0.0527. The Balaban J connectivity index is 2.69. The molecule has 6 nitrogen and oxygen atoms in total. The number of rotatable bonds is 9. The summed E-state index contributed by atoms with van der Waals surface area (Å²) in [6.45, 7) is 3.57. The third kappa shape index (κ3) is 4.87. The van der Waals surface area contributed by atoms with E-state index in [1.165, 1.54) is 20.2 Å². The number of hydrogen-bond acceptors (Lipinski definition) is 5. The van der Waals surface area contributed by atoms with Crippen molar-refractivity contribution < 1.29 is 17.9 Å². The Hall–Kier alpha value is -1.31. The van der Waals surface area contributed by atoms with Crippen LogP contribution in [0.15, 0.2) is 23.1 Å². The molecule has 120 valence electrons. The van der Waals surface area contributed by atoms with Gasteiger partial charge in [0.25, 0.3) is 0 Å². The van der Waals surface area contributed by atoms with Crippen LogP contribution in [0.1, 0.15) is 19.8 Å². The molecule has 0 spiro atoms. The van der Waals surface area contributed by atoms with Crippen molar-refractivity contribution in [2.75, 3.05) is 39.6 Å². The monoisotopic (exact) mass is 316 g/mol. The average Bonchev–Trinajstić information content (AvgIpc) is 2.43. The molecule has 0 heterocycles. The zero-order chi connectivity index (χ0) is 15.9. The van der Waals surface area contributed by atoms with Crippen molar-refractivity contribution in [1.29, 1.82) is 0 Å². The van der Waals surface area contributed by atoms with E-state index in [0.29, 0.717) is 25.6 Å². The average molecular weight is 316 g/mol. The molecule has 0 fully saturated rings. The van der Waals surface area contributed by atoms with Crippen molar-refractivity contribution in [2.24, 2.45) is 0 Å². The number of benzene rings is 1. The Morgan fingerprint density at radius 1 is 1.19 bits per heavy atom. The van der Waals surface area contributed by atoms with Crippen LogP contribution in [0.25, 0.3) is 0 Å². The fraction of sp³-hybridized carbons (Fsp3) is 0.571. The number of unbranched alkanes of at least 4 members (excludes halogenated alkanes) is 1. The van der Waals surface area contributed by atoms with Crippen molar-refractivity contribution in [2.45, 2.75) is 24.7 Å². The van der Waals surface area contributed by atoms with Crippen LogP contribution in [0.2, 0.25) is 0 Å². The Kier molecular flexibility index (Phi) is 6.94. The number of nitrogen functional groups attached to an aromatic ring is 1. The molecule has 0 saturated heterocycles. The standard InChI is InChI=1S/C14H24N2O4S/c1-4-5-9-19-10-11-20-12-7-6-8-13(14(12)15)21(17,18)16(2)3/h6-8H,4-5,9-11,15H2,1-3H3. The van der Waals surface area contributed by atoms with Crippen LogP contribution < -0.4 is 10.5 Å². The van der Waals surface area contributed by atoms with Crippen LogP contribution in [-0.4, -0.2) is 46.6 Å². The first-order valence-electron chi connectivity index (χ1n) is 6.92. The maximum Gasteiger partial charge on any atom is 0.244 e. The fourth-order valence-electron chi connectivity index (χ4n) is 1.63. The lowest BCUT2D eigenvalue weighted by Crippen LogP contribution is -2.23. The number of nitrogens with two attached hydrogens (primary N) is 1. The van der Waals surface area contributed by atoms with Gasteiger partial charge in [0.15, 0.2) is 0 Å². The molecule has 0 aliphatic carbocycles. The Morgan fingerprint density at radius 2 is 1.90 bits per heavy atom. The van der Waals surface area contributed by atoms with Gasteiger partial charge in [0.2, 0.25) is 10.0 Å². The maximum absolute atomic E-state index is 12.1. The Labute approximate surface area is 126 Å². The van der Waals surface area contributed by atoms with Crippen molar-refractivity contribution in [3.05, 3.63) is 18.2 Å². The molecule has 0 bridgehead atoms. The normalized spacial score (nSPS) is 11.8. The van der Waals surface area contributed by atoms with Gasteiger partial charge < -0.3 is 15.2 Å². The fourth-order valence-corrected chi connectivity index (χ4v) is 2.65. The summed E-state index contributed by atoms with van der Waals surface area (Å²) < 4.78 is 36.2.